The van der Waals surface area contributed by atoms with E-state index in [0.29, 0.717) is 6.42 Å². The summed E-state index contributed by atoms with van der Waals surface area (Å²) in [5, 5.41) is 0. The number of halogens is 2. The number of carbonyl (C=O) groups is 1. The number of aryl methyl sites for hydroxylation is 1. The number of benzene rings is 1. The highest BCUT2D eigenvalue weighted by atomic mass is 19.3. The van der Waals surface area contributed by atoms with E-state index < -0.39 is 11.8 Å². The predicted molar refractivity (Wildman–Crippen MR) is 77.1 cm³/mol. The van der Waals surface area contributed by atoms with Gasteiger partial charge in [-0.25, -0.2) is 8.78 Å². The summed E-state index contributed by atoms with van der Waals surface area (Å²) in [4.78, 5) is 14.5. The molecule has 0 saturated carbocycles. The molecular formula is C17H21F2NO. The average Bonchev–Trinajstić information content (AvgIpc) is 2.98. The molecule has 0 unspecified atom stereocenters. The number of alkyl halides is 2. The topological polar surface area (TPSA) is 20.3 Å². The number of hydrogen-bond donors (Lipinski definition) is 0. The van der Waals surface area contributed by atoms with Crippen molar-refractivity contribution in [1.82, 2.24) is 4.90 Å². The van der Waals surface area contributed by atoms with Crippen molar-refractivity contribution in [2.75, 3.05) is 0 Å². The first-order chi connectivity index (χ1) is 9.99. The molecule has 2 aliphatic heterocycles. The van der Waals surface area contributed by atoms with Gasteiger partial charge in [-0.15, -0.1) is 0 Å². The van der Waals surface area contributed by atoms with E-state index in [2.05, 4.69) is 6.07 Å². The van der Waals surface area contributed by atoms with E-state index in [-0.39, 0.29) is 24.4 Å². The Bertz CT molecular complexity index is 559. The van der Waals surface area contributed by atoms with E-state index in [1.165, 1.54) is 0 Å². The van der Waals surface area contributed by atoms with Crippen LogP contribution >= 0.6 is 0 Å². The van der Waals surface area contributed by atoms with E-state index in [1.807, 2.05) is 25.1 Å². The van der Waals surface area contributed by atoms with Crippen LogP contribution in [0.2, 0.25) is 0 Å². The number of fused-ring (bicyclic) bond motifs is 1. The summed E-state index contributed by atoms with van der Waals surface area (Å²) >= 11 is 0. The van der Waals surface area contributed by atoms with Crippen LogP contribution in [0.5, 0.6) is 0 Å². The van der Waals surface area contributed by atoms with Crippen molar-refractivity contribution in [2.45, 2.75) is 58.0 Å². The molecular weight excluding hydrogens is 272 g/mol. The Balaban J connectivity index is 1.94. The SMILES string of the molecule is CC[C@@]1(C(F)F)C[C@H]2CC[C@H](c3cccc(C)c3)N2C1=O. The summed E-state index contributed by atoms with van der Waals surface area (Å²) in [6, 6.07) is 8.00. The van der Waals surface area contributed by atoms with Crippen molar-refractivity contribution < 1.29 is 13.6 Å². The van der Waals surface area contributed by atoms with E-state index >= 15 is 0 Å². The molecule has 0 N–H and O–H groups in total. The Labute approximate surface area is 124 Å². The molecule has 21 heavy (non-hydrogen) atoms. The highest BCUT2D eigenvalue weighted by Gasteiger charge is 2.59. The van der Waals surface area contributed by atoms with E-state index in [4.69, 9.17) is 0 Å². The second-order valence-corrected chi connectivity index (χ2v) is 6.39. The predicted octanol–water partition coefficient (Wildman–Crippen LogP) is 4.09. The van der Waals surface area contributed by atoms with Gasteiger partial charge in [-0.2, -0.15) is 0 Å². The molecule has 114 valence electrons. The van der Waals surface area contributed by atoms with E-state index in [9.17, 15) is 13.6 Å². The first-order valence-electron chi connectivity index (χ1n) is 7.67. The molecule has 0 radical (unpaired) electrons. The molecule has 0 aromatic heterocycles. The Morgan fingerprint density at radius 2 is 2.14 bits per heavy atom. The first-order valence-corrected chi connectivity index (χ1v) is 7.67. The summed E-state index contributed by atoms with van der Waals surface area (Å²) in [5.41, 5.74) is 0.762. The third kappa shape index (κ3) is 2.07. The van der Waals surface area contributed by atoms with Crippen LogP contribution in [0.15, 0.2) is 24.3 Å². The minimum atomic E-state index is -2.57. The Kier molecular flexibility index (Phi) is 3.50. The summed E-state index contributed by atoms with van der Waals surface area (Å²) < 4.78 is 27.0. The van der Waals surface area contributed by atoms with Gasteiger partial charge < -0.3 is 4.90 Å². The summed E-state index contributed by atoms with van der Waals surface area (Å²) in [7, 11) is 0. The number of hydrogen-bond acceptors (Lipinski definition) is 1. The van der Waals surface area contributed by atoms with Crippen LogP contribution < -0.4 is 0 Å². The summed E-state index contributed by atoms with van der Waals surface area (Å²) in [5.74, 6) is -0.339. The maximum absolute atomic E-state index is 13.5. The maximum atomic E-state index is 13.5. The first kappa shape index (κ1) is 14.5. The minimum absolute atomic E-state index is 0.0167. The molecule has 3 atom stereocenters. The Hall–Kier alpha value is -1.45. The lowest BCUT2D eigenvalue weighted by Crippen LogP contribution is -2.40. The Morgan fingerprint density at radius 1 is 1.38 bits per heavy atom. The standard InChI is InChI=1S/C17H21F2NO/c1-3-17(15(18)19)10-13-7-8-14(20(13)16(17)21)12-6-4-5-11(2)9-12/h4-6,9,13-15H,3,7-8,10H2,1-2H3/t13-,14-,17+/m1/s1. The van der Waals surface area contributed by atoms with Crippen molar-refractivity contribution >= 4 is 5.91 Å². The van der Waals surface area contributed by atoms with Gasteiger partial charge in [0.1, 0.15) is 5.41 Å². The molecule has 1 amide bonds. The zero-order valence-electron chi connectivity index (χ0n) is 12.5. The van der Waals surface area contributed by atoms with Crippen molar-refractivity contribution in [2.24, 2.45) is 5.41 Å². The van der Waals surface area contributed by atoms with Crippen molar-refractivity contribution in [3.63, 3.8) is 0 Å². The molecule has 0 aliphatic carbocycles. The van der Waals surface area contributed by atoms with E-state index in [0.717, 1.165) is 24.0 Å². The van der Waals surface area contributed by atoms with Crippen molar-refractivity contribution in [1.29, 1.82) is 0 Å². The summed E-state index contributed by atoms with van der Waals surface area (Å²) in [6.45, 7) is 3.71. The fourth-order valence-electron chi connectivity index (χ4n) is 3.99. The van der Waals surface area contributed by atoms with Crippen molar-refractivity contribution in [3.8, 4) is 0 Å². The molecule has 0 spiro atoms. The van der Waals surface area contributed by atoms with Gasteiger partial charge in [-0.1, -0.05) is 36.8 Å². The summed E-state index contributed by atoms with van der Waals surface area (Å²) in [6.07, 6.45) is -0.333. The number of carbonyl (C=O) groups excluding carboxylic acids is 1. The van der Waals surface area contributed by atoms with Crippen LogP contribution in [-0.4, -0.2) is 23.3 Å². The highest BCUT2D eigenvalue weighted by Crippen LogP contribution is 2.52. The van der Waals surface area contributed by atoms with Crippen LogP contribution in [-0.2, 0) is 4.79 Å². The van der Waals surface area contributed by atoms with Gasteiger partial charge in [0.05, 0.1) is 6.04 Å². The average molecular weight is 293 g/mol. The second kappa shape index (κ2) is 5.08. The molecule has 2 nitrogen and oxygen atoms in total. The molecule has 1 aromatic carbocycles. The smallest absolute Gasteiger partial charge is 0.252 e. The van der Waals surface area contributed by atoms with Gasteiger partial charge >= 0.3 is 0 Å². The fourth-order valence-corrected chi connectivity index (χ4v) is 3.99. The van der Waals surface area contributed by atoms with Gasteiger partial charge in [0.15, 0.2) is 0 Å². The third-order valence-electron chi connectivity index (χ3n) is 5.24. The fraction of sp³-hybridized carbons (Fsp3) is 0.588. The molecule has 2 fully saturated rings. The maximum Gasteiger partial charge on any atom is 0.252 e. The second-order valence-electron chi connectivity index (χ2n) is 6.39. The Morgan fingerprint density at radius 3 is 2.76 bits per heavy atom. The van der Waals surface area contributed by atoms with Gasteiger partial charge in [-0.3, -0.25) is 4.79 Å². The monoisotopic (exact) mass is 293 g/mol. The number of nitrogens with zero attached hydrogens (tertiary/aromatic N) is 1. The number of amides is 1. The zero-order chi connectivity index (χ0) is 15.2. The molecule has 3 rings (SSSR count). The van der Waals surface area contributed by atoms with Crippen LogP contribution in [0.3, 0.4) is 0 Å². The van der Waals surface area contributed by atoms with Crippen LogP contribution in [0.1, 0.15) is 49.8 Å². The van der Waals surface area contributed by atoms with Gasteiger partial charge in [0.25, 0.3) is 6.43 Å². The largest absolute Gasteiger partial charge is 0.332 e. The van der Waals surface area contributed by atoms with Gasteiger partial charge in [-0.05, 0) is 38.2 Å². The van der Waals surface area contributed by atoms with Crippen LogP contribution in [0.25, 0.3) is 0 Å². The molecule has 4 heteroatoms. The lowest BCUT2D eigenvalue weighted by atomic mass is 9.81. The minimum Gasteiger partial charge on any atom is -0.332 e. The van der Waals surface area contributed by atoms with E-state index in [1.54, 1.807) is 11.8 Å². The molecule has 2 saturated heterocycles. The lowest BCUT2D eigenvalue weighted by Gasteiger charge is -2.29. The molecule has 2 heterocycles. The quantitative estimate of drug-likeness (QED) is 0.822. The van der Waals surface area contributed by atoms with Gasteiger partial charge in [0, 0.05) is 6.04 Å². The third-order valence-corrected chi connectivity index (χ3v) is 5.24. The lowest BCUT2D eigenvalue weighted by molar-refractivity contribution is -0.146. The normalized spacial score (nSPS) is 32.0. The number of rotatable bonds is 3. The molecule has 0 bridgehead atoms. The van der Waals surface area contributed by atoms with Crippen LogP contribution in [0, 0.1) is 12.3 Å². The van der Waals surface area contributed by atoms with Gasteiger partial charge in [0.2, 0.25) is 5.91 Å². The zero-order valence-corrected chi connectivity index (χ0v) is 12.5. The van der Waals surface area contributed by atoms with Crippen LogP contribution in [0.4, 0.5) is 8.78 Å². The highest BCUT2D eigenvalue weighted by molar-refractivity contribution is 5.86. The molecule has 1 aromatic rings. The van der Waals surface area contributed by atoms with Crippen molar-refractivity contribution in [3.05, 3.63) is 35.4 Å². The molecule has 2 aliphatic rings.